The number of hydrogen-bond acceptors (Lipinski definition) is 4. The molecule has 0 spiro atoms. The summed E-state index contributed by atoms with van der Waals surface area (Å²) in [5.41, 5.74) is 0.201. The number of aromatic nitrogens is 2. The number of rotatable bonds is 9. The Kier molecular flexibility index (Phi) is 6.38. The minimum atomic E-state index is -4.36. The summed E-state index contributed by atoms with van der Waals surface area (Å²) in [5, 5.41) is 3.93. The summed E-state index contributed by atoms with van der Waals surface area (Å²) in [7, 11) is 3.94. The van der Waals surface area contributed by atoms with E-state index in [1.165, 1.54) is 18.5 Å². The number of carbonyl (C=O) groups excluding carboxylic acids is 1. The third-order valence-corrected chi connectivity index (χ3v) is 8.47. The summed E-state index contributed by atoms with van der Waals surface area (Å²) < 4.78 is 41.9. The second kappa shape index (κ2) is 9.28. The van der Waals surface area contributed by atoms with Crippen LogP contribution in [-0.4, -0.2) is 53.1 Å². The molecule has 9 heteroatoms. The van der Waals surface area contributed by atoms with Crippen molar-refractivity contribution in [1.82, 2.24) is 20.2 Å². The van der Waals surface area contributed by atoms with Gasteiger partial charge in [-0.25, -0.2) is 0 Å². The van der Waals surface area contributed by atoms with E-state index in [0.717, 1.165) is 29.3 Å². The predicted octanol–water partition coefficient (Wildman–Crippen LogP) is 4.42. The van der Waals surface area contributed by atoms with Crippen molar-refractivity contribution in [3.8, 4) is 0 Å². The zero-order valence-electron chi connectivity index (χ0n) is 20.9. The van der Waals surface area contributed by atoms with Crippen molar-refractivity contribution in [2.24, 2.45) is 11.3 Å². The zero-order valence-corrected chi connectivity index (χ0v) is 20.9. The average Bonchev–Trinajstić information content (AvgIpc) is 3.77. The van der Waals surface area contributed by atoms with Gasteiger partial charge in [0.15, 0.2) is 0 Å². The molecule has 2 N–H and O–H groups in total. The highest BCUT2D eigenvalue weighted by Crippen LogP contribution is 2.66. The number of amides is 1. The first-order valence-electron chi connectivity index (χ1n) is 12.6. The summed E-state index contributed by atoms with van der Waals surface area (Å²) in [6, 6.07) is 12.4. The Balaban J connectivity index is 1.26. The monoisotopic (exact) mass is 512 g/mol. The lowest BCUT2D eigenvalue weighted by Crippen LogP contribution is -2.45. The van der Waals surface area contributed by atoms with Crippen molar-refractivity contribution in [3.05, 3.63) is 76.3 Å². The molecule has 1 unspecified atom stereocenters. The van der Waals surface area contributed by atoms with Crippen molar-refractivity contribution >= 4 is 16.8 Å². The molecule has 3 atom stereocenters. The van der Waals surface area contributed by atoms with E-state index >= 15 is 0 Å². The van der Waals surface area contributed by atoms with Gasteiger partial charge in [-0.05, 0) is 92.5 Å². The minimum absolute atomic E-state index is 0.0418. The predicted molar refractivity (Wildman–Crippen MR) is 135 cm³/mol. The van der Waals surface area contributed by atoms with E-state index in [1.54, 1.807) is 18.2 Å². The number of aromatic amines is 1. The fraction of sp³-hybridized carbons (Fsp3) is 0.464. The van der Waals surface area contributed by atoms with Gasteiger partial charge in [0, 0.05) is 48.4 Å². The molecule has 196 valence electrons. The number of benzene rings is 1. The number of pyridine rings is 2. The van der Waals surface area contributed by atoms with E-state index < -0.39 is 17.5 Å². The van der Waals surface area contributed by atoms with E-state index in [2.05, 4.69) is 26.3 Å². The maximum Gasteiger partial charge on any atom is 0.395 e. The maximum absolute atomic E-state index is 14.0. The van der Waals surface area contributed by atoms with E-state index in [1.807, 2.05) is 26.2 Å². The molecule has 0 radical (unpaired) electrons. The molecule has 37 heavy (non-hydrogen) atoms. The smallest absolute Gasteiger partial charge is 0.354 e. The van der Waals surface area contributed by atoms with Crippen molar-refractivity contribution in [3.63, 3.8) is 0 Å². The normalized spacial score (nSPS) is 23.1. The van der Waals surface area contributed by atoms with Gasteiger partial charge >= 0.3 is 6.18 Å². The van der Waals surface area contributed by atoms with Crippen LogP contribution >= 0.6 is 0 Å². The Morgan fingerprint density at radius 3 is 2.54 bits per heavy atom. The van der Waals surface area contributed by atoms with Crippen LogP contribution < -0.4 is 10.9 Å². The van der Waals surface area contributed by atoms with Crippen molar-refractivity contribution < 1.29 is 18.0 Å². The van der Waals surface area contributed by atoms with Crippen LogP contribution in [0.15, 0.2) is 59.7 Å². The number of fused-ring (bicyclic) bond motifs is 1. The molecule has 1 amide bonds. The Hall–Kier alpha value is -3.20. The van der Waals surface area contributed by atoms with Crippen LogP contribution in [0.5, 0.6) is 0 Å². The Morgan fingerprint density at radius 1 is 1.16 bits per heavy atom. The molecule has 2 saturated carbocycles. The molecule has 0 saturated heterocycles. The van der Waals surface area contributed by atoms with Crippen LogP contribution in [0.1, 0.15) is 42.7 Å². The SMILES string of the molecule is CN(C)[C@]1(CNC(=O)C[C@H](c2ccncc2)C2(C(F)(F)F)CC2)CC1Cc1ccc2[nH]c(=O)ccc2c1. The van der Waals surface area contributed by atoms with Crippen molar-refractivity contribution in [1.29, 1.82) is 0 Å². The fourth-order valence-corrected chi connectivity index (χ4v) is 5.87. The first-order valence-corrected chi connectivity index (χ1v) is 12.6. The highest BCUT2D eigenvalue weighted by Gasteiger charge is 2.67. The third kappa shape index (κ3) is 4.89. The standard InChI is InChI=1S/C28H31F3N4O2/c1-35(2)27(16-21(27)14-18-3-5-23-20(13-18)4-6-24(36)34-23)17-33-25(37)15-22(19-7-11-32-12-8-19)26(9-10-26)28(29,30)31/h3-8,11-13,21-22H,9-10,14-17H2,1-2H3,(H,33,37)(H,34,36)/t21?,22-,27+/m1/s1. The number of alkyl halides is 3. The lowest BCUT2D eigenvalue weighted by atomic mass is 9.80. The quantitative estimate of drug-likeness (QED) is 0.445. The molecule has 1 aromatic carbocycles. The summed E-state index contributed by atoms with van der Waals surface area (Å²) in [4.78, 5) is 33.4. The molecule has 2 heterocycles. The van der Waals surface area contributed by atoms with Gasteiger partial charge in [-0.15, -0.1) is 0 Å². The van der Waals surface area contributed by atoms with Crippen LogP contribution in [0.3, 0.4) is 0 Å². The second-order valence-electron chi connectivity index (χ2n) is 10.8. The topological polar surface area (TPSA) is 78.1 Å². The summed E-state index contributed by atoms with van der Waals surface area (Å²) in [5.74, 6) is -0.993. The van der Waals surface area contributed by atoms with Crippen LogP contribution in [0.25, 0.3) is 10.9 Å². The van der Waals surface area contributed by atoms with Gasteiger partial charge < -0.3 is 15.2 Å². The highest BCUT2D eigenvalue weighted by atomic mass is 19.4. The number of carbonyl (C=O) groups is 1. The first-order chi connectivity index (χ1) is 17.5. The fourth-order valence-electron chi connectivity index (χ4n) is 5.87. The summed E-state index contributed by atoms with van der Waals surface area (Å²) >= 11 is 0. The Labute approximate surface area is 213 Å². The molecule has 6 nitrogen and oxygen atoms in total. The number of hydrogen-bond donors (Lipinski definition) is 2. The molecule has 2 fully saturated rings. The molecule has 2 aliphatic rings. The van der Waals surface area contributed by atoms with Crippen LogP contribution in [0.2, 0.25) is 0 Å². The van der Waals surface area contributed by atoms with Gasteiger partial charge in [-0.3, -0.25) is 14.6 Å². The van der Waals surface area contributed by atoms with Crippen LogP contribution in [0, 0.1) is 11.3 Å². The largest absolute Gasteiger partial charge is 0.395 e. The molecule has 0 bridgehead atoms. The number of likely N-dealkylation sites (N-methyl/N-ethyl adjacent to an activating group) is 1. The Morgan fingerprint density at radius 2 is 1.89 bits per heavy atom. The molecule has 2 aliphatic carbocycles. The number of H-pyrrole nitrogens is 1. The lowest BCUT2D eigenvalue weighted by molar-refractivity contribution is -0.194. The lowest BCUT2D eigenvalue weighted by Gasteiger charge is -2.30. The Bertz CT molecular complexity index is 1350. The molecular formula is C28H31F3N4O2. The van der Waals surface area contributed by atoms with Gasteiger partial charge in [0.05, 0.1) is 5.41 Å². The van der Waals surface area contributed by atoms with Crippen molar-refractivity contribution in [2.45, 2.75) is 49.7 Å². The van der Waals surface area contributed by atoms with Crippen LogP contribution in [0.4, 0.5) is 13.2 Å². The summed E-state index contributed by atoms with van der Waals surface area (Å²) in [6.07, 6.45) is 0.158. The minimum Gasteiger partial charge on any atom is -0.354 e. The van der Waals surface area contributed by atoms with E-state index in [4.69, 9.17) is 0 Å². The van der Waals surface area contributed by atoms with E-state index in [9.17, 15) is 22.8 Å². The van der Waals surface area contributed by atoms with E-state index in [0.29, 0.717) is 18.0 Å². The zero-order chi connectivity index (χ0) is 26.4. The van der Waals surface area contributed by atoms with Gasteiger partial charge in [-0.2, -0.15) is 13.2 Å². The number of nitrogens with zero attached hydrogens (tertiary/aromatic N) is 2. The van der Waals surface area contributed by atoms with Gasteiger partial charge in [0.2, 0.25) is 11.5 Å². The molecule has 3 aromatic rings. The van der Waals surface area contributed by atoms with Crippen molar-refractivity contribution in [2.75, 3.05) is 20.6 Å². The number of halogens is 3. The van der Waals surface area contributed by atoms with Gasteiger partial charge in [0.1, 0.15) is 0 Å². The van der Waals surface area contributed by atoms with Gasteiger partial charge in [0.25, 0.3) is 0 Å². The number of nitrogens with one attached hydrogen (secondary N) is 2. The summed E-state index contributed by atoms with van der Waals surface area (Å²) in [6.45, 7) is 0.381. The first kappa shape index (κ1) is 25.4. The van der Waals surface area contributed by atoms with E-state index in [-0.39, 0.29) is 36.3 Å². The van der Waals surface area contributed by atoms with Crippen LogP contribution in [-0.2, 0) is 11.2 Å². The molecular weight excluding hydrogens is 481 g/mol. The average molecular weight is 513 g/mol. The maximum atomic E-state index is 14.0. The molecule has 5 rings (SSSR count). The molecule has 0 aliphatic heterocycles. The van der Waals surface area contributed by atoms with Gasteiger partial charge in [-0.1, -0.05) is 6.07 Å². The third-order valence-electron chi connectivity index (χ3n) is 8.47. The second-order valence-corrected chi connectivity index (χ2v) is 10.8. The highest BCUT2D eigenvalue weighted by molar-refractivity contribution is 5.79. The molecule has 2 aromatic heterocycles.